The molecule has 0 atom stereocenters. The summed E-state index contributed by atoms with van der Waals surface area (Å²) in [6.07, 6.45) is 2.39. The summed E-state index contributed by atoms with van der Waals surface area (Å²) >= 11 is 0.940. The molecule has 7 heteroatoms. The molecule has 0 radical (unpaired) electrons. The molecule has 0 unspecified atom stereocenters. The Kier molecular flexibility index (Phi) is 3.98. The van der Waals surface area contributed by atoms with E-state index in [2.05, 4.69) is 0 Å². The van der Waals surface area contributed by atoms with Crippen LogP contribution in [0.3, 0.4) is 0 Å². The molecule has 1 fully saturated rings. The second-order valence-electron chi connectivity index (χ2n) is 4.78. The van der Waals surface area contributed by atoms with Crippen LogP contribution in [0.4, 0.5) is 4.79 Å². The van der Waals surface area contributed by atoms with Gasteiger partial charge in [-0.1, -0.05) is 6.92 Å². The summed E-state index contributed by atoms with van der Waals surface area (Å²) in [6.45, 7) is 2.52. The van der Waals surface area contributed by atoms with Gasteiger partial charge >= 0.3 is 0 Å². The van der Waals surface area contributed by atoms with Crippen molar-refractivity contribution in [2.75, 3.05) is 20.4 Å². The van der Waals surface area contributed by atoms with Gasteiger partial charge in [0.05, 0.1) is 12.0 Å². The fourth-order valence-electron chi connectivity index (χ4n) is 2.29. The van der Waals surface area contributed by atoms with Gasteiger partial charge in [-0.15, -0.1) is 0 Å². The van der Waals surface area contributed by atoms with Gasteiger partial charge in [0.1, 0.15) is 5.75 Å². The van der Waals surface area contributed by atoms with Crippen molar-refractivity contribution in [1.82, 2.24) is 4.90 Å². The van der Waals surface area contributed by atoms with Crippen LogP contribution in [-0.4, -0.2) is 36.5 Å². The molecule has 3 rings (SSSR count). The van der Waals surface area contributed by atoms with E-state index >= 15 is 0 Å². The maximum absolute atomic E-state index is 12.3. The van der Waals surface area contributed by atoms with E-state index in [4.69, 9.17) is 14.2 Å². The molecule has 2 aliphatic heterocycles. The minimum atomic E-state index is -0.267. The lowest BCUT2D eigenvalue weighted by molar-refractivity contribution is -0.122. The third-order valence-corrected chi connectivity index (χ3v) is 4.24. The summed E-state index contributed by atoms with van der Waals surface area (Å²) in [5, 5.41) is -0.238. The first-order valence-electron chi connectivity index (χ1n) is 6.87. The average Bonchev–Trinajstić information content (AvgIpc) is 3.06. The van der Waals surface area contributed by atoms with Gasteiger partial charge in [-0.2, -0.15) is 0 Å². The van der Waals surface area contributed by atoms with Gasteiger partial charge in [0.15, 0.2) is 11.5 Å². The Hall–Kier alpha value is -2.15. The highest BCUT2D eigenvalue weighted by molar-refractivity contribution is 8.18. The Morgan fingerprint density at radius 3 is 2.73 bits per heavy atom. The maximum atomic E-state index is 12.3. The number of benzene rings is 1. The molecule has 0 N–H and O–H groups in total. The molecule has 1 aromatic carbocycles. The van der Waals surface area contributed by atoms with Crippen LogP contribution in [0.2, 0.25) is 0 Å². The number of imide groups is 1. The van der Waals surface area contributed by atoms with Gasteiger partial charge in [-0.25, -0.2) is 0 Å². The van der Waals surface area contributed by atoms with E-state index in [1.54, 1.807) is 18.2 Å². The number of nitrogens with zero attached hydrogens (tertiary/aromatic N) is 1. The van der Waals surface area contributed by atoms with Crippen LogP contribution in [0.25, 0.3) is 6.08 Å². The van der Waals surface area contributed by atoms with Crippen molar-refractivity contribution >= 4 is 29.0 Å². The number of carbonyl (C=O) groups is 2. The van der Waals surface area contributed by atoms with Gasteiger partial charge in [-0.05, 0) is 30.3 Å². The smallest absolute Gasteiger partial charge is 0.293 e. The highest BCUT2D eigenvalue weighted by Gasteiger charge is 2.34. The minimum Gasteiger partial charge on any atom is -0.496 e. The fraction of sp³-hybridized carbons (Fsp3) is 0.333. The number of fused-ring (bicyclic) bond motifs is 1. The van der Waals surface area contributed by atoms with Gasteiger partial charge in [0.25, 0.3) is 11.1 Å². The lowest BCUT2D eigenvalue weighted by Crippen LogP contribution is -2.28. The number of carbonyl (C=O) groups excluding carboxylic acids is 2. The summed E-state index contributed by atoms with van der Waals surface area (Å²) in [7, 11) is 1.54. The standard InChI is InChI=1S/C15H15NO5S/c1-3-4-16-14(17)13(22-15(16)18)6-9-5-11-12(21-8-20-11)7-10(9)19-2/h5-7H,3-4,8H2,1-2H3/b13-6-. The third kappa shape index (κ3) is 2.52. The summed E-state index contributed by atoms with van der Waals surface area (Å²) in [5.41, 5.74) is 0.675. The van der Waals surface area contributed by atoms with E-state index in [-0.39, 0.29) is 17.9 Å². The summed E-state index contributed by atoms with van der Waals surface area (Å²) in [5.74, 6) is 1.50. The van der Waals surface area contributed by atoms with E-state index in [0.717, 1.165) is 18.2 Å². The number of rotatable bonds is 4. The van der Waals surface area contributed by atoms with Gasteiger partial charge in [0.2, 0.25) is 6.79 Å². The number of hydrogen-bond acceptors (Lipinski definition) is 6. The second kappa shape index (κ2) is 5.92. The molecule has 0 saturated carbocycles. The zero-order chi connectivity index (χ0) is 15.7. The first kappa shape index (κ1) is 14.8. The SMILES string of the molecule is CCCN1C(=O)S/C(=C\c2cc3c(cc2OC)OCO3)C1=O. The minimum absolute atomic E-state index is 0.162. The topological polar surface area (TPSA) is 65.1 Å². The van der Waals surface area contributed by atoms with Crippen LogP contribution in [-0.2, 0) is 4.79 Å². The molecule has 2 amide bonds. The van der Waals surface area contributed by atoms with Crippen LogP contribution >= 0.6 is 11.8 Å². The lowest BCUT2D eigenvalue weighted by atomic mass is 10.1. The Morgan fingerprint density at radius 1 is 1.32 bits per heavy atom. The molecule has 22 heavy (non-hydrogen) atoms. The van der Waals surface area contributed by atoms with Crippen LogP contribution in [0.15, 0.2) is 17.0 Å². The van der Waals surface area contributed by atoms with Gasteiger partial charge in [0, 0.05) is 18.2 Å². The van der Waals surface area contributed by atoms with E-state index in [1.165, 1.54) is 12.0 Å². The van der Waals surface area contributed by atoms with Crippen LogP contribution in [0.1, 0.15) is 18.9 Å². The Balaban J connectivity index is 1.95. The summed E-state index contributed by atoms with van der Waals surface area (Å²) in [6, 6.07) is 3.46. The maximum Gasteiger partial charge on any atom is 0.293 e. The molecule has 0 aliphatic carbocycles. The highest BCUT2D eigenvalue weighted by atomic mass is 32.2. The van der Waals surface area contributed by atoms with Crippen LogP contribution in [0.5, 0.6) is 17.2 Å². The van der Waals surface area contributed by atoms with Crippen LogP contribution in [0, 0.1) is 0 Å². The quantitative estimate of drug-likeness (QED) is 0.795. The Bertz CT molecular complexity index is 670. The summed E-state index contributed by atoms with van der Waals surface area (Å²) in [4.78, 5) is 25.8. The van der Waals surface area contributed by atoms with Crippen molar-refractivity contribution in [2.45, 2.75) is 13.3 Å². The number of thioether (sulfide) groups is 1. The van der Waals surface area contributed by atoms with Crippen molar-refractivity contribution in [3.05, 3.63) is 22.6 Å². The number of amides is 2. The number of ether oxygens (including phenoxy) is 3. The number of hydrogen-bond donors (Lipinski definition) is 0. The molecule has 2 aliphatic rings. The lowest BCUT2D eigenvalue weighted by Gasteiger charge is -2.10. The largest absolute Gasteiger partial charge is 0.496 e. The van der Waals surface area contributed by atoms with Crippen molar-refractivity contribution in [1.29, 1.82) is 0 Å². The van der Waals surface area contributed by atoms with Crippen molar-refractivity contribution in [3.63, 3.8) is 0 Å². The zero-order valence-corrected chi connectivity index (χ0v) is 13.1. The van der Waals surface area contributed by atoms with Gasteiger partial charge < -0.3 is 14.2 Å². The van der Waals surface area contributed by atoms with Crippen molar-refractivity contribution in [3.8, 4) is 17.2 Å². The summed E-state index contributed by atoms with van der Waals surface area (Å²) < 4.78 is 15.9. The molecule has 1 saturated heterocycles. The van der Waals surface area contributed by atoms with Crippen LogP contribution < -0.4 is 14.2 Å². The first-order valence-corrected chi connectivity index (χ1v) is 7.68. The predicted octanol–water partition coefficient (Wildman–Crippen LogP) is 2.87. The fourth-order valence-corrected chi connectivity index (χ4v) is 3.14. The molecule has 1 aromatic rings. The van der Waals surface area contributed by atoms with E-state index in [1.807, 2.05) is 6.92 Å². The molecular formula is C15H15NO5S. The monoisotopic (exact) mass is 321 g/mol. The molecule has 2 heterocycles. The third-order valence-electron chi connectivity index (χ3n) is 3.33. The molecule has 116 valence electrons. The van der Waals surface area contributed by atoms with E-state index in [9.17, 15) is 9.59 Å². The zero-order valence-electron chi connectivity index (χ0n) is 12.3. The molecule has 6 nitrogen and oxygen atoms in total. The second-order valence-corrected chi connectivity index (χ2v) is 5.77. The first-order chi connectivity index (χ1) is 10.6. The average molecular weight is 321 g/mol. The van der Waals surface area contributed by atoms with Crippen molar-refractivity contribution in [2.24, 2.45) is 0 Å². The van der Waals surface area contributed by atoms with E-state index in [0.29, 0.717) is 34.3 Å². The molecule has 0 aromatic heterocycles. The molecular weight excluding hydrogens is 306 g/mol. The highest BCUT2D eigenvalue weighted by Crippen LogP contribution is 2.40. The van der Waals surface area contributed by atoms with E-state index < -0.39 is 0 Å². The molecule has 0 bridgehead atoms. The Morgan fingerprint density at radius 2 is 2.05 bits per heavy atom. The molecule has 0 spiro atoms. The van der Waals surface area contributed by atoms with Crippen molar-refractivity contribution < 1.29 is 23.8 Å². The Labute approximate surface area is 132 Å². The number of methoxy groups -OCH3 is 1. The normalized spacial score (nSPS) is 18.5. The predicted molar refractivity (Wildman–Crippen MR) is 82.1 cm³/mol. The van der Waals surface area contributed by atoms with Gasteiger partial charge in [-0.3, -0.25) is 14.5 Å².